The number of hydrogen-bond donors (Lipinski definition) is 2. The molecule has 2 bridgehead atoms. The third-order valence-electron chi connectivity index (χ3n) is 7.81. The third kappa shape index (κ3) is 4.73. The van der Waals surface area contributed by atoms with Gasteiger partial charge in [0.05, 0.1) is 25.1 Å². The quantitative estimate of drug-likeness (QED) is 0.622. The van der Waals surface area contributed by atoms with Crippen LogP contribution in [0.1, 0.15) is 37.7 Å². The van der Waals surface area contributed by atoms with E-state index in [2.05, 4.69) is 25.5 Å². The molecule has 196 valence electrons. The molecule has 2 saturated heterocycles. The molecule has 4 aliphatic rings. The third-order valence-corrected chi connectivity index (χ3v) is 7.81. The van der Waals surface area contributed by atoms with Crippen molar-refractivity contribution in [3.8, 4) is 0 Å². The normalized spacial score (nSPS) is 25.7. The number of carbonyl (C=O) groups excluding carboxylic acids is 2. The van der Waals surface area contributed by atoms with Crippen LogP contribution in [0.4, 0.5) is 23.3 Å². The number of likely N-dealkylation sites (N-methyl/N-ethyl adjacent to an activating group) is 1. The van der Waals surface area contributed by atoms with Gasteiger partial charge in [0.25, 0.3) is 0 Å². The molecule has 3 atom stereocenters. The Morgan fingerprint density at radius 2 is 1.92 bits per heavy atom. The molecule has 5 heterocycles. The highest BCUT2D eigenvalue weighted by Crippen LogP contribution is 2.38. The molecule has 1 aliphatic carbocycles. The van der Waals surface area contributed by atoms with Gasteiger partial charge in [0.15, 0.2) is 0 Å². The van der Waals surface area contributed by atoms with E-state index >= 15 is 0 Å². The van der Waals surface area contributed by atoms with Crippen LogP contribution in [0.3, 0.4) is 0 Å². The summed E-state index contributed by atoms with van der Waals surface area (Å²) < 4.78 is 5.63. The van der Waals surface area contributed by atoms with Gasteiger partial charge in [0.1, 0.15) is 17.7 Å². The first-order chi connectivity index (χ1) is 18.0. The fourth-order valence-electron chi connectivity index (χ4n) is 6.03. The Morgan fingerprint density at radius 1 is 1.11 bits per heavy atom. The number of carbonyl (C=O) groups is 2. The zero-order valence-corrected chi connectivity index (χ0v) is 21.4. The van der Waals surface area contributed by atoms with Crippen LogP contribution in [0.2, 0.25) is 0 Å². The number of nitrogens with one attached hydrogen (secondary N) is 2. The monoisotopic (exact) mass is 506 g/mol. The van der Waals surface area contributed by atoms with Crippen molar-refractivity contribution in [2.75, 3.05) is 49.0 Å². The summed E-state index contributed by atoms with van der Waals surface area (Å²) in [6.45, 7) is 1.73. The predicted molar refractivity (Wildman–Crippen MR) is 139 cm³/mol. The first-order valence-corrected chi connectivity index (χ1v) is 13.2. The number of rotatable bonds is 5. The maximum absolute atomic E-state index is 13.0. The summed E-state index contributed by atoms with van der Waals surface area (Å²) in [4.78, 5) is 45.4. The number of aromatic nitrogens is 3. The Kier molecular flexibility index (Phi) is 6.41. The number of anilines is 4. The summed E-state index contributed by atoms with van der Waals surface area (Å²) in [7, 11) is 3.61. The second-order valence-electron chi connectivity index (χ2n) is 10.7. The van der Waals surface area contributed by atoms with E-state index in [1.807, 2.05) is 32.4 Å². The van der Waals surface area contributed by atoms with Crippen LogP contribution < -0.4 is 20.4 Å². The lowest BCUT2D eigenvalue weighted by Crippen LogP contribution is -2.50. The van der Waals surface area contributed by atoms with Crippen molar-refractivity contribution in [3.63, 3.8) is 0 Å². The molecule has 3 aliphatic heterocycles. The molecule has 3 fully saturated rings. The van der Waals surface area contributed by atoms with Gasteiger partial charge in [0.2, 0.25) is 17.8 Å². The maximum atomic E-state index is 13.0. The molecule has 11 nitrogen and oxygen atoms in total. The van der Waals surface area contributed by atoms with Gasteiger partial charge >= 0.3 is 0 Å². The van der Waals surface area contributed by atoms with Crippen LogP contribution in [0.15, 0.2) is 24.5 Å². The van der Waals surface area contributed by atoms with E-state index in [1.165, 1.54) is 12.8 Å². The molecule has 2 aromatic heterocycles. The lowest BCUT2D eigenvalue weighted by molar-refractivity contribution is -0.130. The van der Waals surface area contributed by atoms with Crippen molar-refractivity contribution < 1.29 is 14.3 Å². The average Bonchev–Trinajstić information content (AvgIpc) is 3.53. The van der Waals surface area contributed by atoms with Crippen molar-refractivity contribution >= 4 is 35.1 Å². The Hall–Kier alpha value is -3.31. The first-order valence-electron chi connectivity index (χ1n) is 13.2. The zero-order valence-electron chi connectivity index (χ0n) is 21.4. The van der Waals surface area contributed by atoms with Crippen molar-refractivity contribution in [2.45, 2.75) is 62.7 Å². The lowest BCUT2D eigenvalue weighted by Gasteiger charge is -2.33. The standard InChI is InChI=1S/C26H34N8O3/c1-32(2)25(36)21-9-16-11-28-26(31-24(16)34(21)19-5-3-4-6-19)30-22-8-7-20(12-27-22)33-13-18-15-37-14-17(29-18)10-23(33)35/h7-8,11-12,17-19,21,29H,3-6,9-10,13-15H2,1-2H3,(H,27,28,30,31). The topological polar surface area (TPSA) is 116 Å². The van der Waals surface area contributed by atoms with Crippen LogP contribution in [0.25, 0.3) is 0 Å². The molecular weight excluding hydrogens is 472 g/mol. The summed E-state index contributed by atoms with van der Waals surface area (Å²) in [6, 6.07) is 4.01. The Morgan fingerprint density at radius 3 is 2.68 bits per heavy atom. The summed E-state index contributed by atoms with van der Waals surface area (Å²) in [5.74, 6) is 2.06. The summed E-state index contributed by atoms with van der Waals surface area (Å²) in [6.07, 6.45) is 9.07. The van der Waals surface area contributed by atoms with Crippen molar-refractivity contribution in [3.05, 3.63) is 30.1 Å². The molecule has 6 rings (SSSR count). The van der Waals surface area contributed by atoms with Crippen LogP contribution in [-0.4, -0.2) is 89.7 Å². The van der Waals surface area contributed by atoms with E-state index in [4.69, 9.17) is 9.72 Å². The van der Waals surface area contributed by atoms with Gasteiger partial charge in [-0.25, -0.2) is 9.97 Å². The van der Waals surface area contributed by atoms with Gasteiger partial charge in [-0.3, -0.25) is 9.59 Å². The highest BCUT2D eigenvalue weighted by molar-refractivity contribution is 5.94. The Balaban J connectivity index is 1.20. The Labute approximate surface area is 216 Å². The SMILES string of the molecule is CN(C)C(=O)C1Cc2cnc(Nc3ccc(N4CC5COCC(CC4=O)N5)cn3)nc2N1C1CCCC1. The second kappa shape index (κ2) is 9.86. The molecule has 0 aromatic carbocycles. The van der Waals surface area contributed by atoms with E-state index < -0.39 is 0 Å². The molecule has 11 heteroatoms. The van der Waals surface area contributed by atoms with E-state index in [-0.39, 0.29) is 29.9 Å². The maximum Gasteiger partial charge on any atom is 0.245 e. The molecule has 0 radical (unpaired) electrons. The summed E-state index contributed by atoms with van der Waals surface area (Å²) in [5, 5.41) is 6.70. The van der Waals surface area contributed by atoms with Crippen molar-refractivity contribution in [1.82, 2.24) is 25.2 Å². The zero-order chi connectivity index (χ0) is 25.5. The van der Waals surface area contributed by atoms with Gasteiger partial charge < -0.3 is 30.1 Å². The largest absolute Gasteiger partial charge is 0.378 e. The Bertz CT molecular complexity index is 1170. The minimum atomic E-state index is -0.236. The fraction of sp³-hybridized carbons (Fsp3) is 0.577. The van der Waals surface area contributed by atoms with E-state index in [9.17, 15) is 9.59 Å². The van der Waals surface area contributed by atoms with Crippen LogP contribution in [0.5, 0.6) is 0 Å². The summed E-state index contributed by atoms with van der Waals surface area (Å²) in [5.41, 5.74) is 1.76. The summed E-state index contributed by atoms with van der Waals surface area (Å²) >= 11 is 0. The number of amides is 2. The number of morpholine rings is 1. The van der Waals surface area contributed by atoms with E-state index in [0.717, 1.165) is 29.9 Å². The minimum absolute atomic E-state index is 0.0681. The highest BCUT2D eigenvalue weighted by Gasteiger charge is 2.41. The van der Waals surface area contributed by atoms with Crippen molar-refractivity contribution in [1.29, 1.82) is 0 Å². The number of pyridine rings is 1. The number of hydrogen-bond acceptors (Lipinski definition) is 9. The van der Waals surface area contributed by atoms with Crippen LogP contribution in [0, 0.1) is 0 Å². The molecule has 3 unspecified atom stereocenters. The van der Waals surface area contributed by atoms with Gasteiger partial charge in [0, 0.05) is 63.4 Å². The second-order valence-corrected chi connectivity index (χ2v) is 10.7. The van der Waals surface area contributed by atoms with Crippen molar-refractivity contribution in [2.24, 2.45) is 0 Å². The molecule has 2 N–H and O–H groups in total. The van der Waals surface area contributed by atoms with Gasteiger partial charge in [-0.2, -0.15) is 4.98 Å². The molecule has 37 heavy (non-hydrogen) atoms. The molecule has 0 spiro atoms. The van der Waals surface area contributed by atoms with E-state index in [1.54, 1.807) is 16.0 Å². The van der Waals surface area contributed by atoms with Crippen LogP contribution >= 0.6 is 0 Å². The molecule has 2 amide bonds. The number of ether oxygens (including phenoxy) is 1. The van der Waals surface area contributed by atoms with Crippen LogP contribution in [-0.2, 0) is 20.7 Å². The smallest absolute Gasteiger partial charge is 0.245 e. The minimum Gasteiger partial charge on any atom is -0.378 e. The van der Waals surface area contributed by atoms with E-state index in [0.29, 0.717) is 50.4 Å². The molecular formula is C26H34N8O3. The highest BCUT2D eigenvalue weighted by atomic mass is 16.5. The van der Waals surface area contributed by atoms with Gasteiger partial charge in [-0.15, -0.1) is 0 Å². The fourth-order valence-corrected chi connectivity index (χ4v) is 6.03. The first kappa shape index (κ1) is 24.1. The van der Waals surface area contributed by atoms with Gasteiger partial charge in [-0.05, 0) is 25.0 Å². The average molecular weight is 507 g/mol. The molecule has 1 saturated carbocycles. The number of fused-ring (bicyclic) bond motifs is 3. The molecule has 2 aromatic rings. The predicted octanol–water partition coefficient (Wildman–Crippen LogP) is 1.47. The number of nitrogens with zero attached hydrogens (tertiary/aromatic N) is 6. The van der Waals surface area contributed by atoms with Gasteiger partial charge in [-0.1, -0.05) is 12.8 Å². The lowest BCUT2D eigenvalue weighted by atomic mass is 10.1.